The second kappa shape index (κ2) is 5.08. The van der Waals surface area contributed by atoms with Crippen LogP contribution < -0.4 is 11.1 Å². The van der Waals surface area contributed by atoms with Gasteiger partial charge in [0.1, 0.15) is 6.04 Å². The number of piperazine rings is 1. The first-order valence-electron chi connectivity index (χ1n) is 7.25. The van der Waals surface area contributed by atoms with E-state index in [-0.39, 0.29) is 30.1 Å². The van der Waals surface area contributed by atoms with Crippen molar-refractivity contribution in [1.29, 1.82) is 5.26 Å². The summed E-state index contributed by atoms with van der Waals surface area (Å²) in [6.45, 7) is 6.45. The normalized spacial score (nSPS) is 34.1. The van der Waals surface area contributed by atoms with Gasteiger partial charge in [0.2, 0.25) is 5.91 Å². The summed E-state index contributed by atoms with van der Waals surface area (Å²) >= 11 is 0. The van der Waals surface area contributed by atoms with Crippen LogP contribution in [0.3, 0.4) is 0 Å². The molecule has 6 heteroatoms. The minimum Gasteiger partial charge on any atom is -0.358 e. The van der Waals surface area contributed by atoms with Crippen LogP contribution in [0.15, 0.2) is 12.3 Å². The molecule has 3 heterocycles. The Bertz CT molecular complexity index is 471. The number of carbonyl (C=O) groups is 1. The second-order valence-electron chi connectivity index (χ2n) is 5.99. The van der Waals surface area contributed by atoms with Gasteiger partial charge in [0.05, 0.1) is 18.2 Å². The van der Waals surface area contributed by atoms with Crippen LogP contribution in [-0.2, 0) is 4.79 Å². The van der Waals surface area contributed by atoms with E-state index in [9.17, 15) is 4.79 Å². The predicted molar refractivity (Wildman–Crippen MR) is 74.4 cm³/mol. The Morgan fingerprint density at radius 2 is 2.45 bits per heavy atom. The fraction of sp³-hybridized carbons (Fsp3) is 0.714. The van der Waals surface area contributed by atoms with E-state index in [0.717, 1.165) is 38.0 Å². The van der Waals surface area contributed by atoms with Gasteiger partial charge in [0.25, 0.3) is 0 Å². The summed E-state index contributed by atoms with van der Waals surface area (Å²) in [5, 5.41) is 12.1. The minimum atomic E-state index is -0.212. The third-order valence-electron chi connectivity index (χ3n) is 4.68. The number of rotatable bonds is 4. The number of nitrogens with zero attached hydrogens (tertiary/aromatic N) is 3. The highest BCUT2D eigenvalue weighted by Crippen LogP contribution is 2.26. The fourth-order valence-electron chi connectivity index (χ4n) is 3.60. The van der Waals surface area contributed by atoms with E-state index in [0.29, 0.717) is 6.54 Å². The molecule has 3 rings (SSSR count). The Balaban J connectivity index is 1.59. The Labute approximate surface area is 119 Å². The van der Waals surface area contributed by atoms with Crippen molar-refractivity contribution in [3.05, 3.63) is 12.3 Å². The van der Waals surface area contributed by atoms with Crippen molar-refractivity contribution in [2.24, 2.45) is 5.73 Å². The molecule has 0 aliphatic carbocycles. The molecule has 6 nitrogen and oxygen atoms in total. The standard InChI is InChI=1S/C14H21N5O/c1-9(19-4-2-3-11(19)6-15)12(16)8-18-7-10-5-13(18)14(20)17-10/h10-13H,1-5,7-8,16H2,(H,17,20)/t10-,11?,12?,13?/m0/s1. The van der Waals surface area contributed by atoms with Gasteiger partial charge in [-0.05, 0) is 19.3 Å². The molecule has 3 unspecified atom stereocenters. The molecule has 3 aliphatic heterocycles. The topological polar surface area (TPSA) is 85.4 Å². The van der Waals surface area contributed by atoms with E-state index < -0.39 is 0 Å². The van der Waals surface area contributed by atoms with Crippen LogP contribution in [0.4, 0.5) is 0 Å². The Hall–Kier alpha value is -1.58. The van der Waals surface area contributed by atoms with Crippen LogP contribution in [0.25, 0.3) is 0 Å². The maximum Gasteiger partial charge on any atom is 0.237 e. The van der Waals surface area contributed by atoms with Gasteiger partial charge in [0.15, 0.2) is 0 Å². The Morgan fingerprint density at radius 3 is 3.10 bits per heavy atom. The van der Waals surface area contributed by atoms with Crippen molar-refractivity contribution in [3.63, 3.8) is 0 Å². The van der Waals surface area contributed by atoms with Crippen LogP contribution in [0, 0.1) is 11.3 Å². The van der Waals surface area contributed by atoms with Gasteiger partial charge in [-0.15, -0.1) is 0 Å². The lowest BCUT2D eigenvalue weighted by molar-refractivity contribution is -0.125. The average molecular weight is 275 g/mol. The SMILES string of the molecule is C=C(C(N)CN1C[C@@H]2CC1C(=O)N2)N1CCCC1C#N. The highest BCUT2D eigenvalue weighted by molar-refractivity contribution is 5.85. The molecule has 108 valence electrons. The van der Waals surface area contributed by atoms with Gasteiger partial charge < -0.3 is 16.0 Å². The lowest BCUT2D eigenvalue weighted by Crippen LogP contribution is -2.52. The van der Waals surface area contributed by atoms with Crippen molar-refractivity contribution in [2.45, 2.75) is 43.4 Å². The first kappa shape index (κ1) is 13.4. The molecule has 2 bridgehead atoms. The molecule has 0 aromatic heterocycles. The van der Waals surface area contributed by atoms with Gasteiger partial charge in [-0.2, -0.15) is 5.26 Å². The molecule has 0 radical (unpaired) electrons. The number of nitrogens with two attached hydrogens (primary N) is 1. The summed E-state index contributed by atoms with van der Waals surface area (Å²) in [6, 6.07) is 2.27. The van der Waals surface area contributed by atoms with E-state index >= 15 is 0 Å². The fourth-order valence-corrected chi connectivity index (χ4v) is 3.60. The highest BCUT2D eigenvalue weighted by atomic mass is 16.2. The quantitative estimate of drug-likeness (QED) is 0.715. The highest BCUT2D eigenvalue weighted by Gasteiger charge is 2.44. The monoisotopic (exact) mass is 275 g/mol. The van der Waals surface area contributed by atoms with Gasteiger partial charge >= 0.3 is 0 Å². The third-order valence-corrected chi connectivity index (χ3v) is 4.68. The summed E-state index contributed by atoms with van der Waals surface area (Å²) in [7, 11) is 0. The van der Waals surface area contributed by atoms with Crippen molar-refractivity contribution in [2.75, 3.05) is 19.6 Å². The second-order valence-corrected chi connectivity index (χ2v) is 5.99. The molecule has 3 N–H and O–H groups in total. The first-order chi connectivity index (χ1) is 9.60. The molecule has 20 heavy (non-hydrogen) atoms. The van der Waals surface area contributed by atoms with Crippen LogP contribution in [0.2, 0.25) is 0 Å². The summed E-state index contributed by atoms with van der Waals surface area (Å²) < 4.78 is 0. The number of nitrogens with one attached hydrogen (secondary N) is 1. The van der Waals surface area contributed by atoms with Gasteiger partial charge in [-0.3, -0.25) is 9.69 Å². The zero-order chi connectivity index (χ0) is 14.3. The number of nitriles is 1. The van der Waals surface area contributed by atoms with Gasteiger partial charge in [-0.1, -0.05) is 6.58 Å². The first-order valence-corrected chi connectivity index (χ1v) is 7.25. The number of carbonyl (C=O) groups excluding carboxylic acids is 1. The number of likely N-dealkylation sites (tertiary alicyclic amines) is 2. The van der Waals surface area contributed by atoms with Crippen molar-refractivity contribution in [1.82, 2.24) is 15.1 Å². The molecule has 3 aliphatic rings. The number of hydrogen-bond acceptors (Lipinski definition) is 5. The zero-order valence-corrected chi connectivity index (χ0v) is 11.6. The molecule has 3 saturated heterocycles. The predicted octanol–water partition coefficient (Wildman–Crippen LogP) is -0.612. The summed E-state index contributed by atoms with van der Waals surface area (Å²) in [5.74, 6) is 0.120. The molecular weight excluding hydrogens is 254 g/mol. The number of amides is 1. The zero-order valence-electron chi connectivity index (χ0n) is 11.6. The average Bonchev–Trinajstić information content (AvgIpc) is 3.11. The van der Waals surface area contributed by atoms with E-state index in [1.807, 2.05) is 4.90 Å². The molecule has 0 aromatic carbocycles. The molecule has 1 amide bonds. The largest absolute Gasteiger partial charge is 0.358 e. The molecule has 0 saturated carbocycles. The number of hydrogen-bond donors (Lipinski definition) is 2. The molecule has 3 fully saturated rings. The van der Waals surface area contributed by atoms with Gasteiger partial charge in [-0.25, -0.2) is 0 Å². The van der Waals surface area contributed by atoms with E-state index in [1.54, 1.807) is 0 Å². The molecular formula is C14H21N5O. The van der Waals surface area contributed by atoms with Crippen LogP contribution >= 0.6 is 0 Å². The smallest absolute Gasteiger partial charge is 0.237 e. The van der Waals surface area contributed by atoms with Gasteiger partial charge in [0, 0.05) is 31.4 Å². The molecule has 0 spiro atoms. The summed E-state index contributed by atoms with van der Waals surface area (Å²) in [4.78, 5) is 15.9. The lowest BCUT2D eigenvalue weighted by atomic mass is 10.1. The summed E-state index contributed by atoms with van der Waals surface area (Å²) in [6.07, 6.45) is 2.79. The van der Waals surface area contributed by atoms with E-state index in [1.165, 1.54) is 0 Å². The van der Waals surface area contributed by atoms with E-state index in [2.05, 4.69) is 22.9 Å². The van der Waals surface area contributed by atoms with Crippen molar-refractivity contribution in [3.8, 4) is 6.07 Å². The van der Waals surface area contributed by atoms with Crippen LogP contribution in [-0.4, -0.2) is 59.5 Å². The number of fused-ring (bicyclic) bond motifs is 2. The lowest BCUT2D eigenvalue weighted by Gasteiger charge is -2.33. The third kappa shape index (κ3) is 2.17. The van der Waals surface area contributed by atoms with E-state index in [4.69, 9.17) is 11.0 Å². The Kier molecular flexibility index (Phi) is 3.40. The summed E-state index contributed by atoms with van der Waals surface area (Å²) in [5.41, 5.74) is 7.08. The van der Waals surface area contributed by atoms with Crippen molar-refractivity contribution >= 4 is 5.91 Å². The Morgan fingerprint density at radius 1 is 1.65 bits per heavy atom. The van der Waals surface area contributed by atoms with Crippen molar-refractivity contribution < 1.29 is 4.79 Å². The van der Waals surface area contributed by atoms with Crippen LogP contribution in [0.1, 0.15) is 19.3 Å². The maximum atomic E-state index is 11.7. The van der Waals surface area contributed by atoms with Crippen LogP contribution in [0.5, 0.6) is 0 Å². The molecule has 0 aromatic rings. The molecule has 4 atom stereocenters. The minimum absolute atomic E-state index is 0.0239. The maximum absolute atomic E-state index is 11.7.